The normalized spacial score (nSPS) is 18.0. The van der Waals surface area contributed by atoms with Crippen LogP contribution in [-0.2, 0) is 25.7 Å². The van der Waals surface area contributed by atoms with E-state index in [4.69, 9.17) is 19.4 Å². The summed E-state index contributed by atoms with van der Waals surface area (Å²) in [4.78, 5) is 23.1. The number of ether oxygens (including phenoxy) is 2. The fourth-order valence-corrected chi connectivity index (χ4v) is 2.72. The van der Waals surface area contributed by atoms with Crippen LogP contribution in [0.5, 0.6) is 0 Å². The molecular formula is C19H27F3N2O5. The zero-order valence-corrected chi connectivity index (χ0v) is 16.4. The first-order valence-corrected chi connectivity index (χ1v) is 9.11. The Morgan fingerprint density at radius 2 is 1.97 bits per heavy atom. The summed E-state index contributed by atoms with van der Waals surface area (Å²) in [5.74, 6) is -2.61. The number of carboxylic acid groups (broad SMARTS) is 1. The molecule has 1 aliphatic heterocycles. The topological polar surface area (TPSA) is 88.1 Å². The Balaban J connectivity index is 0.000000516. The largest absolute Gasteiger partial charge is 0.490 e. The van der Waals surface area contributed by atoms with Crippen molar-refractivity contribution in [2.45, 2.75) is 38.2 Å². The van der Waals surface area contributed by atoms with Gasteiger partial charge in [-0.25, -0.2) is 4.79 Å². The maximum atomic E-state index is 12.3. The highest BCUT2D eigenvalue weighted by molar-refractivity contribution is 5.82. The summed E-state index contributed by atoms with van der Waals surface area (Å²) in [6.45, 7) is 5.24. The average molecular weight is 420 g/mol. The number of benzene rings is 1. The second kappa shape index (κ2) is 12.4. The highest BCUT2D eigenvalue weighted by Gasteiger charge is 2.38. The molecule has 29 heavy (non-hydrogen) atoms. The maximum absolute atomic E-state index is 12.3. The van der Waals surface area contributed by atoms with Gasteiger partial charge in [-0.2, -0.15) is 13.2 Å². The Hall–Kier alpha value is -2.17. The van der Waals surface area contributed by atoms with Crippen molar-refractivity contribution in [3.63, 3.8) is 0 Å². The first-order chi connectivity index (χ1) is 13.7. The van der Waals surface area contributed by atoms with E-state index in [1.807, 2.05) is 42.2 Å². The van der Waals surface area contributed by atoms with Gasteiger partial charge in [0.05, 0.1) is 25.3 Å². The van der Waals surface area contributed by atoms with Gasteiger partial charge in [-0.05, 0) is 18.9 Å². The minimum absolute atomic E-state index is 0.0813. The van der Waals surface area contributed by atoms with Crippen LogP contribution >= 0.6 is 0 Å². The van der Waals surface area contributed by atoms with E-state index in [9.17, 15) is 18.0 Å². The summed E-state index contributed by atoms with van der Waals surface area (Å²) >= 11 is 0. The summed E-state index contributed by atoms with van der Waals surface area (Å²) in [7, 11) is 1.67. The number of methoxy groups -OCH3 is 1. The van der Waals surface area contributed by atoms with E-state index in [0.717, 1.165) is 25.1 Å². The van der Waals surface area contributed by atoms with Crippen molar-refractivity contribution in [1.29, 1.82) is 0 Å². The lowest BCUT2D eigenvalue weighted by molar-refractivity contribution is -0.192. The molecule has 10 heteroatoms. The van der Waals surface area contributed by atoms with Gasteiger partial charge in [-0.1, -0.05) is 30.3 Å². The summed E-state index contributed by atoms with van der Waals surface area (Å²) < 4.78 is 42.8. The number of carboxylic acids is 1. The van der Waals surface area contributed by atoms with E-state index in [1.54, 1.807) is 7.11 Å². The number of alkyl halides is 3. The predicted molar refractivity (Wildman–Crippen MR) is 99.2 cm³/mol. The summed E-state index contributed by atoms with van der Waals surface area (Å²) in [5, 5.41) is 10.3. The summed E-state index contributed by atoms with van der Waals surface area (Å²) in [6, 6.07) is 10.1. The number of rotatable bonds is 8. The van der Waals surface area contributed by atoms with Crippen molar-refractivity contribution >= 4 is 11.9 Å². The van der Waals surface area contributed by atoms with Gasteiger partial charge in [0.15, 0.2) is 0 Å². The third-order valence-corrected chi connectivity index (χ3v) is 4.21. The van der Waals surface area contributed by atoms with Gasteiger partial charge in [-0.15, -0.1) is 0 Å². The lowest BCUT2D eigenvalue weighted by atomic mass is 10.1. The SMILES string of the molecule is COC[C@H](CCOCc1ccccc1)N1CCN[C@@H](C)C1=O.O=C(O)C(F)(F)F. The molecular weight excluding hydrogens is 393 g/mol. The molecule has 1 aromatic carbocycles. The van der Waals surface area contributed by atoms with Crippen molar-refractivity contribution in [2.75, 3.05) is 33.4 Å². The Bertz CT molecular complexity index is 628. The lowest BCUT2D eigenvalue weighted by Gasteiger charge is -2.37. The van der Waals surface area contributed by atoms with E-state index in [2.05, 4.69) is 5.32 Å². The van der Waals surface area contributed by atoms with Crippen LogP contribution < -0.4 is 5.32 Å². The molecule has 2 rings (SSSR count). The molecule has 0 radical (unpaired) electrons. The standard InChI is InChI=1S/C17H26N2O3.C2HF3O2/c1-14-17(20)19(10-9-18-14)16(13-21-2)8-11-22-12-15-6-4-3-5-7-15;3-2(4,5)1(6)7/h3-7,14,16,18H,8-13H2,1-2H3;(H,6,7)/t14-,16-;/m0./s1. The first kappa shape index (κ1) is 24.9. The zero-order chi connectivity index (χ0) is 21.9. The number of nitrogens with zero attached hydrogens (tertiary/aromatic N) is 1. The minimum Gasteiger partial charge on any atom is -0.475 e. The maximum Gasteiger partial charge on any atom is 0.490 e. The molecule has 0 aromatic heterocycles. The van der Waals surface area contributed by atoms with E-state index < -0.39 is 12.1 Å². The van der Waals surface area contributed by atoms with Crippen LogP contribution in [0.1, 0.15) is 18.9 Å². The van der Waals surface area contributed by atoms with Gasteiger partial charge in [0, 0.05) is 26.8 Å². The lowest BCUT2D eigenvalue weighted by Crippen LogP contribution is -2.58. The van der Waals surface area contributed by atoms with E-state index in [-0.39, 0.29) is 18.0 Å². The second-order valence-corrected chi connectivity index (χ2v) is 6.45. The fraction of sp³-hybridized carbons (Fsp3) is 0.579. The van der Waals surface area contributed by atoms with Crippen molar-refractivity contribution < 1.29 is 37.3 Å². The molecule has 0 saturated carbocycles. The third-order valence-electron chi connectivity index (χ3n) is 4.21. The fourth-order valence-electron chi connectivity index (χ4n) is 2.72. The van der Waals surface area contributed by atoms with Crippen molar-refractivity contribution in [1.82, 2.24) is 10.2 Å². The van der Waals surface area contributed by atoms with Crippen LogP contribution in [0, 0.1) is 0 Å². The van der Waals surface area contributed by atoms with Crippen molar-refractivity contribution in [3.8, 4) is 0 Å². The number of halogens is 3. The van der Waals surface area contributed by atoms with Crippen LogP contribution in [0.4, 0.5) is 13.2 Å². The number of carbonyl (C=O) groups excluding carboxylic acids is 1. The van der Waals surface area contributed by atoms with Crippen LogP contribution in [0.25, 0.3) is 0 Å². The molecule has 7 nitrogen and oxygen atoms in total. The molecule has 0 unspecified atom stereocenters. The van der Waals surface area contributed by atoms with Gasteiger partial charge in [-0.3, -0.25) is 4.79 Å². The Morgan fingerprint density at radius 3 is 2.52 bits per heavy atom. The molecule has 1 heterocycles. The highest BCUT2D eigenvalue weighted by Crippen LogP contribution is 2.13. The van der Waals surface area contributed by atoms with Crippen molar-refractivity contribution in [2.24, 2.45) is 0 Å². The quantitative estimate of drug-likeness (QED) is 0.626. The third kappa shape index (κ3) is 9.25. The summed E-state index contributed by atoms with van der Waals surface area (Å²) in [6.07, 6.45) is -4.29. The van der Waals surface area contributed by atoms with E-state index >= 15 is 0 Å². The molecule has 164 valence electrons. The number of hydrogen-bond acceptors (Lipinski definition) is 5. The average Bonchev–Trinajstić information content (AvgIpc) is 2.67. The Morgan fingerprint density at radius 1 is 1.34 bits per heavy atom. The Kier molecular flexibility index (Phi) is 10.6. The molecule has 2 N–H and O–H groups in total. The molecule has 1 saturated heterocycles. The Labute approximate surface area is 167 Å². The van der Waals surface area contributed by atoms with Crippen LogP contribution in [0.3, 0.4) is 0 Å². The molecule has 1 amide bonds. The van der Waals surface area contributed by atoms with Crippen LogP contribution in [-0.4, -0.2) is 73.6 Å². The number of hydrogen-bond donors (Lipinski definition) is 2. The smallest absolute Gasteiger partial charge is 0.475 e. The van der Waals surface area contributed by atoms with Gasteiger partial charge >= 0.3 is 12.1 Å². The van der Waals surface area contributed by atoms with Crippen molar-refractivity contribution in [3.05, 3.63) is 35.9 Å². The first-order valence-electron chi connectivity index (χ1n) is 9.11. The number of piperazine rings is 1. The van der Waals surface area contributed by atoms with Gasteiger partial charge < -0.3 is 24.8 Å². The molecule has 2 atom stereocenters. The van der Waals surface area contributed by atoms with Crippen LogP contribution in [0.15, 0.2) is 30.3 Å². The van der Waals surface area contributed by atoms with E-state index in [1.165, 1.54) is 0 Å². The number of aliphatic carboxylic acids is 1. The number of nitrogens with one attached hydrogen (secondary N) is 1. The molecule has 0 spiro atoms. The molecule has 1 fully saturated rings. The number of carbonyl (C=O) groups is 2. The molecule has 0 aliphatic carbocycles. The highest BCUT2D eigenvalue weighted by atomic mass is 19.4. The van der Waals surface area contributed by atoms with Gasteiger partial charge in [0.1, 0.15) is 0 Å². The number of amides is 1. The monoisotopic (exact) mass is 420 g/mol. The molecule has 1 aromatic rings. The summed E-state index contributed by atoms with van der Waals surface area (Å²) in [5.41, 5.74) is 1.16. The van der Waals surface area contributed by atoms with Gasteiger partial charge in [0.2, 0.25) is 5.91 Å². The molecule has 1 aliphatic rings. The minimum atomic E-state index is -5.08. The second-order valence-electron chi connectivity index (χ2n) is 6.45. The van der Waals surface area contributed by atoms with Crippen LogP contribution in [0.2, 0.25) is 0 Å². The zero-order valence-electron chi connectivity index (χ0n) is 16.4. The molecule has 0 bridgehead atoms. The van der Waals surface area contributed by atoms with E-state index in [0.29, 0.717) is 19.8 Å². The van der Waals surface area contributed by atoms with Gasteiger partial charge in [0.25, 0.3) is 0 Å². The predicted octanol–water partition coefficient (Wildman–Crippen LogP) is 2.06.